The van der Waals surface area contributed by atoms with Crippen molar-refractivity contribution in [1.29, 1.82) is 0 Å². The van der Waals surface area contributed by atoms with Crippen molar-refractivity contribution in [3.05, 3.63) is 11.8 Å². The van der Waals surface area contributed by atoms with Gasteiger partial charge in [0.2, 0.25) is 0 Å². The minimum absolute atomic E-state index is 1.02. The highest BCUT2D eigenvalue weighted by molar-refractivity contribution is 5.34. The fraction of sp³-hybridized carbons (Fsp3) is 0.625. The standard InChI is InChI=1S/C8H15N3/c1-3-4-5-9-8-6-7(2)10-11-8/h6H,3-5H2,1-2H3,(H2,9,10,11). The van der Waals surface area contributed by atoms with Gasteiger partial charge in [-0.05, 0) is 13.3 Å². The van der Waals surface area contributed by atoms with E-state index in [1.807, 2.05) is 13.0 Å². The first-order chi connectivity index (χ1) is 5.33. The van der Waals surface area contributed by atoms with Crippen molar-refractivity contribution in [2.45, 2.75) is 26.7 Å². The van der Waals surface area contributed by atoms with Crippen LogP contribution in [0.3, 0.4) is 0 Å². The molecule has 1 aromatic heterocycles. The highest BCUT2D eigenvalue weighted by Crippen LogP contribution is 2.03. The number of rotatable bonds is 4. The smallest absolute Gasteiger partial charge is 0.121 e. The van der Waals surface area contributed by atoms with Gasteiger partial charge in [-0.15, -0.1) is 0 Å². The molecule has 3 nitrogen and oxygen atoms in total. The normalized spacial score (nSPS) is 10.0. The second-order valence-electron chi connectivity index (χ2n) is 2.70. The molecule has 0 aliphatic carbocycles. The summed E-state index contributed by atoms with van der Waals surface area (Å²) in [6.07, 6.45) is 2.43. The molecular formula is C8H15N3. The van der Waals surface area contributed by atoms with Crippen molar-refractivity contribution in [3.8, 4) is 0 Å². The third kappa shape index (κ3) is 2.62. The minimum Gasteiger partial charge on any atom is -0.370 e. The van der Waals surface area contributed by atoms with Crippen LogP contribution in [-0.2, 0) is 0 Å². The Balaban J connectivity index is 2.27. The molecule has 2 N–H and O–H groups in total. The van der Waals surface area contributed by atoms with E-state index in [-0.39, 0.29) is 0 Å². The number of nitrogens with zero attached hydrogens (tertiary/aromatic N) is 1. The summed E-state index contributed by atoms with van der Waals surface area (Å²) in [5, 5.41) is 10.2. The molecule has 62 valence electrons. The number of hydrogen-bond acceptors (Lipinski definition) is 2. The van der Waals surface area contributed by atoms with E-state index in [9.17, 15) is 0 Å². The number of aromatic nitrogens is 2. The molecular weight excluding hydrogens is 138 g/mol. The average molecular weight is 153 g/mol. The average Bonchev–Trinajstić information content (AvgIpc) is 2.37. The largest absolute Gasteiger partial charge is 0.370 e. The summed E-state index contributed by atoms with van der Waals surface area (Å²) in [7, 11) is 0. The maximum Gasteiger partial charge on any atom is 0.121 e. The maximum atomic E-state index is 4.01. The highest BCUT2D eigenvalue weighted by atomic mass is 15.2. The molecule has 0 amide bonds. The van der Waals surface area contributed by atoms with Crippen LogP contribution >= 0.6 is 0 Å². The van der Waals surface area contributed by atoms with Gasteiger partial charge in [0.1, 0.15) is 5.82 Å². The van der Waals surface area contributed by atoms with Crippen molar-refractivity contribution in [3.63, 3.8) is 0 Å². The number of nitrogens with one attached hydrogen (secondary N) is 2. The monoisotopic (exact) mass is 153 g/mol. The minimum atomic E-state index is 1.02. The Kier molecular flexibility index (Phi) is 2.95. The summed E-state index contributed by atoms with van der Waals surface area (Å²) in [5.41, 5.74) is 1.03. The number of aromatic amines is 1. The molecule has 1 rings (SSSR count). The van der Waals surface area contributed by atoms with Gasteiger partial charge in [-0.25, -0.2) is 0 Å². The molecule has 0 radical (unpaired) electrons. The van der Waals surface area contributed by atoms with E-state index in [4.69, 9.17) is 0 Å². The number of unbranched alkanes of at least 4 members (excludes halogenated alkanes) is 1. The Morgan fingerprint density at radius 2 is 2.45 bits per heavy atom. The van der Waals surface area contributed by atoms with Crippen molar-refractivity contribution in [2.24, 2.45) is 0 Å². The van der Waals surface area contributed by atoms with Gasteiger partial charge >= 0.3 is 0 Å². The van der Waals surface area contributed by atoms with Crippen LogP contribution in [0.15, 0.2) is 6.07 Å². The SMILES string of the molecule is CCCCNc1cc(C)n[nH]1. The zero-order valence-electron chi connectivity index (χ0n) is 7.15. The lowest BCUT2D eigenvalue weighted by Gasteiger charge is -1.99. The number of hydrogen-bond donors (Lipinski definition) is 2. The Morgan fingerprint density at radius 1 is 1.64 bits per heavy atom. The van der Waals surface area contributed by atoms with Gasteiger partial charge in [0.15, 0.2) is 0 Å². The van der Waals surface area contributed by atoms with Gasteiger partial charge in [0.25, 0.3) is 0 Å². The van der Waals surface area contributed by atoms with Crippen LogP contribution in [0.5, 0.6) is 0 Å². The molecule has 0 bridgehead atoms. The fourth-order valence-corrected chi connectivity index (χ4v) is 0.912. The topological polar surface area (TPSA) is 40.7 Å². The molecule has 11 heavy (non-hydrogen) atoms. The Labute approximate surface area is 67.2 Å². The van der Waals surface area contributed by atoms with Crippen LogP contribution < -0.4 is 5.32 Å². The van der Waals surface area contributed by atoms with E-state index in [2.05, 4.69) is 22.4 Å². The van der Waals surface area contributed by atoms with E-state index in [0.717, 1.165) is 18.1 Å². The molecule has 0 aliphatic rings. The number of aryl methyl sites for hydroxylation is 1. The van der Waals surface area contributed by atoms with E-state index < -0.39 is 0 Å². The summed E-state index contributed by atoms with van der Waals surface area (Å²) in [6, 6.07) is 2.01. The fourth-order valence-electron chi connectivity index (χ4n) is 0.912. The Bertz CT molecular complexity index is 205. The molecule has 0 aliphatic heterocycles. The molecule has 0 unspecified atom stereocenters. The molecule has 1 heterocycles. The van der Waals surface area contributed by atoms with E-state index in [0.29, 0.717) is 0 Å². The Hall–Kier alpha value is -0.990. The molecule has 0 fully saturated rings. The first kappa shape index (κ1) is 8.11. The van der Waals surface area contributed by atoms with E-state index in [1.165, 1.54) is 12.8 Å². The van der Waals surface area contributed by atoms with E-state index in [1.54, 1.807) is 0 Å². The van der Waals surface area contributed by atoms with Crippen molar-refractivity contribution >= 4 is 5.82 Å². The van der Waals surface area contributed by atoms with Gasteiger partial charge in [0.05, 0.1) is 5.69 Å². The molecule has 0 aromatic carbocycles. The van der Waals surface area contributed by atoms with Crippen LogP contribution in [0.25, 0.3) is 0 Å². The van der Waals surface area contributed by atoms with Crippen molar-refractivity contribution < 1.29 is 0 Å². The predicted octanol–water partition coefficient (Wildman–Crippen LogP) is 1.93. The predicted molar refractivity (Wildman–Crippen MR) is 46.7 cm³/mol. The lowest BCUT2D eigenvalue weighted by atomic mass is 10.3. The first-order valence-electron chi connectivity index (χ1n) is 4.09. The highest BCUT2D eigenvalue weighted by Gasteiger charge is 1.93. The summed E-state index contributed by atoms with van der Waals surface area (Å²) < 4.78 is 0. The van der Waals surface area contributed by atoms with Gasteiger partial charge in [-0.1, -0.05) is 13.3 Å². The third-order valence-electron chi connectivity index (χ3n) is 1.55. The van der Waals surface area contributed by atoms with Gasteiger partial charge < -0.3 is 5.32 Å². The molecule has 3 heteroatoms. The Morgan fingerprint density at radius 3 is 3.00 bits per heavy atom. The zero-order valence-corrected chi connectivity index (χ0v) is 7.15. The van der Waals surface area contributed by atoms with Crippen molar-refractivity contribution in [1.82, 2.24) is 10.2 Å². The van der Waals surface area contributed by atoms with Gasteiger partial charge in [-0.2, -0.15) is 5.10 Å². The molecule has 0 spiro atoms. The second kappa shape index (κ2) is 4.01. The summed E-state index contributed by atoms with van der Waals surface area (Å²) >= 11 is 0. The molecule has 0 atom stereocenters. The summed E-state index contributed by atoms with van der Waals surface area (Å²) in [6.45, 7) is 5.18. The van der Waals surface area contributed by atoms with Crippen LogP contribution in [0.1, 0.15) is 25.5 Å². The summed E-state index contributed by atoms with van der Waals surface area (Å²) in [4.78, 5) is 0. The molecule has 0 saturated heterocycles. The third-order valence-corrected chi connectivity index (χ3v) is 1.55. The lowest BCUT2D eigenvalue weighted by Crippen LogP contribution is -2.00. The van der Waals surface area contributed by atoms with Crippen LogP contribution in [-0.4, -0.2) is 16.7 Å². The van der Waals surface area contributed by atoms with Crippen LogP contribution in [0.2, 0.25) is 0 Å². The summed E-state index contributed by atoms with van der Waals surface area (Å²) in [5.74, 6) is 1.02. The van der Waals surface area contributed by atoms with Crippen LogP contribution in [0.4, 0.5) is 5.82 Å². The van der Waals surface area contributed by atoms with Crippen molar-refractivity contribution in [2.75, 3.05) is 11.9 Å². The quantitative estimate of drug-likeness (QED) is 0.649. The van der Waals surface area contributed by atoms with Gasteiger partial charge in [-0.3, -0.25) is 5.10 Å². The van der Waals surface area contributed by atoms with E-state index >= 15 is 0 Å². The lowest BCUT2D eigenvalue weighted by molar-refractivity contribution is 0.830. The molecule has 0 saturated carbocycles. The van der Waals surface area contributed by atoms with Crippen LogP contribution in [0, 0.1) is 6.92 Å². The number of anilines is 1. The van der Waals surface area contributed by atoms with Gasteiger partial charge in [0, 0.05) is 12.6 Å². The zero-order chi connectivity index (χ0) is 8.10. The maximum absolute atomic E-state index is 4.01. The number of H-pyrrole nitrogens is 1. The second-order valence-corrected chi connectivity index (χ2v) is 2.70. The first-order valence-corrected chi connectivity index (χ1v) is 4.09. The molecule has 1 aromatic rings.